The lowest BCUT2D eigenvalue weighted by molar-refractivity contribution is -0.150. The van der Waals surface area contributed by atoms with Crippen molar-refractivity contribution in [2.45, 2.75) is 35.2 Å². The summed E-state index contributed by atoms with van der Waals surface area (Å²) in [5, 5.41) is 41.4. The van der Waals surface area contributed by atoms with Gasteiger partial charge in [0.1, 0.15) is 27.8 Å². The molecule has 0 radical (unpaired) electrons. The lowest BCUT2D eigenvalue weighted by atomic mass is 10.0. The fraction of sp³-hybridized carbons (Fsp3) is 0.250. The van der Waals surface area contributed by atoms with Gasteiger partial charge in [0.15, 0.2) is 28.0 Å². The van der Waals surface area contributed by atoms with Crippen LogP contribution in [0, 0.1) is 13.8 Å². The van der Waals surface area contributed by atoms with Gasteiger partial charge >= 0.3 is 5.97 Å². The molecule has 1 fully saturated rings. The van der Waals surface area contributed by atoms with Crippen molar-refractivity contribution in [2.75, 3.05) is 23.2 Å². The Hall–Kier alpha value is -4.86. The van der Waals surface area contributed by atoms with Crippen LogP contribution in [0.2, 0.25) is 0 Å². The Balaban J connectivity index is 1.18. The molecule has 0 saturated carbocycles. The summed E-state index contributed by atoms with van der Waals surface area (Å²) in [4.78, 5) is 53.5. The van der Waals surface area contributed by atoms with Crippen LogP contribution in [0.4, 0.5) is 5.13 Å². The number of aliphatic carboxylic acids is 1. The molecule has 2 amide bonds. The van der Waals surface area contributed by atoms with Gasteiger partial charge in [0.2, 0.25) is 15.8 Å². The molecule has 2 atom stereocenters. The van der Waals surface area contributed by atoms with Gasteiger partial charge in [0, 0.05) is 34.7 Å². The number of thiazole rings is 1. The first kappa shape index (κ1) is 34.0. The number of aromatic hydroxyl groups is 2. The average Bonchev–Trinajstić information content (AvgIpc) is 3.65. The molecule has 0 bridgehead atoms. The van der Waals surface area contributed by atoms with Crippen LogP contribution in [0.5, 0.6) is 11.5 Å². The molecule has 3 aromatic heterocycles. The van der Waals surface area contributed by atoms with Crippen LogP contribution in [0.3, 0.4) is 0 Å². The van der Waals surface area contributed by atoms with Gasteiger partial charge in [-0.1, -0.05) is 5.16 Å². The number of β-lactam (4-membered cyclic amide) rings is 1. The summed E-state index contributed by atoms with van der Waals surface area (Å²) < 4.78 is 27.1. The van der Waals surface area contributed by atoms with Crippen molar-refractivity contribution < 1.29 is 43.0 Å². The molecule has 2 aliphatic rings. The van der Waals surface area contributed by atoms with Gasteiger partial charge in [-0.05, 0) is 37.6 Å². The minimum absolute atomic E-state index is 0.0575. The predicted molar refractivity (Wildman–Crippen MR) is 179 cm³/mol. The van der Waals surface area contributed by atoms with Crippen LogP contribution < -0.4 is 11.1 Å². The third-order valence-corrected chi connectivity index (χ3v) is 11.7. The Labute approximate surface area is 289 Å². The van der Waals surface area contributed by atoms with E-state index in [2.05, 4.69) is 25.5 Å². The number of phenols is 2. The van der Waals surface area contributed by atoms with E-state index in [1.165, 1.54) is 28.9 Å². The summed E-state index contributed by atoms with van der Waals surface area (Å²) in [6.07, 6.45) is 0. The molecule has 1 saturated heterocycles. The molecule has 4 aromatic rings. The highest BCUT2D eigenvalue weighted by molar-refractivity contribution is 8.01. The van der Waals surface area contributed by atoms with E-state index < -0.39 is 62.2 Å². The first-order chi connectivity index (χ1) is 23.2. The van der Waals surface area contributed by atoms with Gasteiger partial charge in [-0.2, -0.15) is 5.10 Å². The number of carboxylic acids is 1. The minimum Gasteiger partial charge on any atom is -0.504 e. The third-order valence-electron chi connectivity index (χ3n) is 7.22. The predicted octanol–water partition coefficient (Wildman–Crippen LogP) is 1.48. The van der Waals surface area contributed by atoms with Crippen molar-refractivity contribution in [3.05, 3.63) is 64.1 Å². The van der Waals surface area contributed by atoms with Gasteiger partial charge < -0.3 is 31.2 Å². The highest BCUT2D eigenvalue weighted by Gasteiger charge is 2.54. The molecule has 6 N–H and O–H groups in total. The normalized spacial score (nSPS) is 18.0. The number of nitrogens with two attached hydrogens (primary N) is 1. The number of rotatable bonds is 11. The van der Waals surface area contributed by atoms with Crippen LogP contribution in [0.15, 0.2) is 62.1 Å². The standard InChI is InChI=1S/C28H26N8O9S4/c1-12-6-20(36-19(30-12)5-13(2)33-36)46-8-14-9-47-26-22(25(40)35(26)23(14)27(41)42)32-24(39)21(16-10-48-28(29)31-16)34-45-11-49(43,44)15-3-4-17(37)18(38)7-15/h3-7,10,22,26,37-38H,8-9,11H2,1-2H3,(H2,29,31)(H,32,39)(H,41,42)/t22-,26-/m1/s1. The zero-order valence-corrected chi connectivity index (χ0v) is 28.7. The monoisotopic (exact) mass is 746 g/mol. The molecule has 0 spiro atoms. The van der Waals surface area contributed by atoms with Gasteiger partial charge in [-0.15, -0.1) is 34.9 Å². The Morgan fingerprint density at radius 2 is 1.94 bits per heavy atom. The number of nitrogens with one attached hydrogen (secondary N) is 1. The van der Waals surface area contributed by atoms with Gasteiger partial charge in [0.05, 0.1) is 10.6 Å². The van der Waals surface area contributed by atoms with E-state index >= 15 is 0 Å². The maximum atomic E-state index is 13.4. The second-order valence-electron chi connectivity index (χ2n) is 10.7. The molecule has 256 valence electrons. The van der Waals surface area contributed by atoms with E-state index in [1.807, 2.05) is 26.0 Å². The summed E-state index contributed by atoms with van der Waals surface area (Å²) in [6.45, 7) is 3.69. The fourth-order valence-corrected chi connectivity index (χ4v) is 8.96. The van der Waals surface area contributed by atoms with E-state index in [4.69, 9.17) is 10.6 Å². The maximum Gasteiger partial charge on any atom is 0.352 e. The minimum atomic E-state index is -4.20. The number of aromatic nitrogens is 4. The SMILES string of the molecule is Cc1cc(SCC2=C(C(=O)O)N3C(=O)[C@@H](NC(=O)C(=NOCS(=O)(=O)c4ccc(O)c(O)c4)c4csc(N)n4)[C@H]3SC2)n2nc(C)cc2n1. The van der Waals surface area contributed by atoms with Crippen LogP contribution in [-0.2, 0) is 29.1 Å². The van der Waals surface area contributed by atoms with Crippen LogP contribution in [0.1, 0.15) is 17.1 Å². The number of phenolic OH excluding ortho intramolecular Hbond substituents is 2. The molecule has 2 aliphatic heterocycles. The smallest absolute Gasteiger partial charge is 0.352 e. The van der Waals surface area contributed by atoms with Crippen molar-refractivity contribution in [3.63, 3.8) is 0 Å². The Kier molecular flexibility index (Phi) is 9.17. The number of carboxylic acid groups (broad SMARTS) is 1. The quantitative estimate of drug-likeness (QED) is 0.0364. The molecular weight excluding hydrogens is 721 g/mol. The number of nitrogen functional groups attached to an aromatic ring is 1. The average molecular weight is 747 g/mol. The number of thioether (sulfide) groups is 2. The zero-order valence-electron chi connectivity index (χ0n) is 25.4. The highest BCUT2D eigenvalue weighted by Crippen LogP contribution is 2.41. The highest BCUT2D eigenvalue weighted by atomic mass is 32.2. The summed E-state index contributed by atoms with van der Waals surface area (Å²) in [5.41, 5.74) is 7.74. The molecule has 49 heavy (non-hydrogen) atoms. The molecular formula is C28H26N8O9S4. The molecule has 6 rings (SSSR count). The topological polar surface area (TPSA) is 252 Å². The number of hydrogen-bond donors (Lipinski definition) is 5. The largest absolute Gasteiger partial charge is 0.504 e. The summed E-state index contributed by atoms with van der Waals surface area (Å²) in [5.74, 6) is -4.62. The van der Waals surface area contributed by atoms with Gasteiger partial charge in [-0.25, -0.2) is 27.7 Å². The molecule has 0 unspecified atom stereocenters. The summed E-state index contributed by atoms with van der Waals surface area (Å²) >= 11 is 3.61. The van der Waals surface area contributed by atoms with Crippen molar-refractivity contribution in [1.82, 2.24) is 29.8 Å². The third kappa shape index (κ3) is 6.73. The number of fused-ring (bicyclic) bond motifs is 2. The number of aryl methyl sites for hydroxylation is 2. The lowest BCUT2D eigenvalue weighted by Crippen LogP contribution is -2.71. The second-order valence-corrected chi connectivity index (χ2v) is 15.6. The number of amides is 2. The van der Waals surface area contributed by atoms with E-state index in [0.29, 0.717) is 11.2 Å². The van der Waals surface area contributed by atoms with Gasteiger partial charge in [-0.3, -0.25) is 14.5 Å². The number of carbonyl (C=O) groups excluding carboxylic acids is 2. The number of carbonyl (C=O) groups is 3. The second kappa shape index (κ2) is 13.2. The number of sulfone groups is 1. The van der Waals surface area contributed by atoms with E-state index in [1.54, 1.807) is 4.52 Å². The van der Waals surface area contributed by atoms with Crippen LogP contribution in [-0.4, -0.2) is 101 Å². The molecule has 0 aliphatic carbocycles. The van der Waals surface area contributed by atoms with E-state index in [-0.39, 0.29) is 32.9 Å². The van der Waals surface area contributed by atoms with Crippen LogP contribution >= 0.6 is 34.9 Å². The number of nitrogens with zero attached hydrogens (tertiary/aromatic N) is 6. The van der Waals surface area contributed by atoms with Crippen molar-refractivity contribution >= 4 is 79.0 Å². The van der Waals surface area contributed by atoms with E-state index in [9.17, 15) is 38.1 Å². The molecule has 21 heteroatoms. The fourth-order valence-electron chi connectivity index (χ4n) is 4.97. The lowest BCUT2D eigenvalue weighted by Gasteiger charge is -2.49. The number of benzene rings is 1. The van der Waals surface area contributed by atoms with E-state index in [0.717, 1.165) is 50.8 Å². The number of oxime groups is 1. The Morgan fingerprint density at radius 1 is 1.16 bits per heavy atom. The molecule has 5 heterocycles. The Morgan fingerprint density at radius 3 is 2.63 bits per heavy atom. The van der Waals surface area contributed by atoms with Crippen molar-refractivity contribution in [2.24, 2.45) is 5.16 Å². The number of hydrogen-bond acceptors (Lipinski definition) is 16. The first-order valence-electron chi connectivity index (χ1n) is 14.1. The summed E-state index contributed by atoms with van der Waals surface area (Å²) in [6, 6.07) is 5.40. The Bertz CT molecular complexity index is 2200. The first-order valence-corrected chi connectivity index (χ1v) is 18.6. The number of anilines is 1. The van der Waals surface area contributed by atoms with Crippen molar-refractivity contribution in [3.8, 4) is 11.5 Å². The molecule has 1 aromatic carbocycles. The zero-order chi connectivity index (χ0) is 35.2. The maximum absolute atomic E-state index is 13.4. The van der Waals surface area contributed by atoms with Gasteiger partial charge in [0.25, 0.3) is 11.8 Å². The van der Waals surface area contributed by atoms with Crippen molar-refractivity contribution in [1.29, 1.82) is 0 Å². The summed E-state index contributed by atoms with van der Waals surface area (Å²) in [7, 11) is -4.20. The molecule has 17 nitrogen and oxygen atoms in total. The van der Waals surface area contributed by atoms with Crippen LogP contribution in [0.25, 0.3) is 5.65 Å².